The van der Waals surface area contributed by atoms with E-state index in [4.69, 9.17) is 0 Å². The van der Waals surface area contributed by atoms with Crippen molar-refractivity contribution < 1.29 is 14.7 Å². The van der Waals surface area contributed by atoms with E-state index in [0.29, 0.717) is 25.9 Å². The van der Waals surface area contributed by atoms with Crippen LogP contribution in [0.4, 0.5) is 0 Å². The van der Waals surface area contributed by atoms with Crippen molar-refractivity contribution in [1.82, 2.24) is 10.2 Å². The number of nitrogens with one attached hydrogen (secondary N) is 1. The lowest BCUT2D eigenvalue weighted by atomic mass is 9.83. The molecule has 25 heavy (non-hydrogen) atoms. The van der Waals surface area contributed by atoms with E-state index in [1.165, 1.54) is 0 Å². The number of aliphatic hydroxyl groups excluding tert-OH is 1. The Hall–Kier alpha value is -1.88. The van der Waals surface area contributed by atoms with Crippen LogP contribution in [0.5, 0.6) is 0 Å². The van der Waals surface area contributed by atoms with Gasteiger partial charge in [-0.1, -0.05) is 36.8 Å². The van der Waals surface area contributed by atoms with E-state index in [0.717, 1.165) is 24.8 Å². The number of piperidine rings is 1. The summed E-state index contributed by atoms with van der Waals surface area (Å²) in [5, 5.41) is 13.3. The summed E-state index contributed by atoms with van der Waals surface area (Å²) >= 11 is 0. The average Bonchev–Trinajstić information content (AvgIpc) is 2.60. The highest BCUT2D eigenvalue weighted by molar-refractivity contribution is 5.81. The zero-order valence-corrected chi connectivity index (χ0v) is 14.9. The Kier molecular flexibility index (Phi) is 5.74. The van der Waals surface area contributed by atoms with Gasteiger partial charge in [-0.15, -0.1) is 0 Å². The van der Waals surface area contributed by atoms with Crippen LogP contribution in [-0.2, 0) is 9.59 Å². The number of benzene rings is 1. The topological polar surface area (TPSA) is 69.6 Å². The molecule has 0 aromatic heterocycles. The second-order valence-electron chi connectivity index (χ2n) is 7.38. The SMILES string of the molecule is CC(NC(=O)C1CCN(C(=O)C2CCC2)CC1)C(O)c1ccccc1. The number of nitrogens with zero attached hydrogens (tertiary/aromatic N) is 1. The molecule has 1 aliphatic heterocycles. The fraction of sp³-hybridized carbons (Fsp3) is 0.600. The second-order valence-corrected chi connectivity index (χ2v) is 7.38. The number of amides is 2. The lowest BCUT2D eigenvalue weighted by molar-refractivity contribution is -0.141. The van der Waals surface area contributed by atoms with Crippen LogP contribution in [0.25, 0.3) is 0 Å². The summed E-state index contributed by atoms with van der Waals surface area (Å²) < 4.78 is 0. The van der Waals surface area contributed by atoms with Crippen molar-refractivity contribution in [2.75, 3.05) is 13.1 Å². The van der Waals surface area contributed by atoms with Gasteiger partial charge < -0.3 is 15.3 Å². The molecule has 136 valence electrons. The van der Waals surface area contributed by atoms with Crippen LogP contribution in [0.15, 0.2) is 30.3 Å². The predicted octanol–water partition coefficient (Wildman–Crippen LogP) is 2.26. The van der Waals surface area contributed by atoms with Gasteiger partial charge in [0.1, 0.15) is 0 Å². The van der Waals surface area contributed by atoms with Crippen LogP contribution in [-0.4, -0.2) is 41.0 Å². The van der Waals surface area contributed by atoms with E-state index >= 15 is 0 Å². The highest BCUT2D eigenvalue weighted by Gasteiger charge is 2.33. The smallest absolute Gasteiger partial charge is 0.225 e. The van der Waals surface area contributed by atoms with Crippen molar-refractivity contribution in [2.24, 2.45) is 11.8 Å². The zero-order chi connectivity index (χ0) is 17.8. The lowest BCUT2D eigenvalue weighted by Gasteiger charge is -2.36. The molecule has 0 spiro atoms. The van der Waals surface area contributed by atoms with Crippen molar-refractivity contribution in [3.05, 3.63) is 35.9 Å². The Morgan fingerprint density at radius 3 is 2.28 bits per heavy atom. The molecule has 1 aliphatic carbocycles. The van der Waals surface area contributed by atoms with Gasteiger partial charge in [0.25, 0.3) is 0 Å². The fourth-order valence-electron chi connectivity index (χ4n) is 3.64. The molecule has 1 heterocycles. The number of hydrogen-bond acceptors (Lipinski definition) is 3. The standard InChI is InChI=1S/C20H28N2O3/c1-14(18(23)15-6-3-2-4-7-15)21-19(24)16-10-12-22(13-11-16)20(25)17-8-5-9-17/h2-4,6-7,14,16-18,23H,5,8-13H2,1H3,(H,21,24). The molecular weight excluding hydrogens is 316 g/mol. The Morgan fingerprint density at radius 2 is 1.72 bits per heavy atom. The van der Waals surface area contributed by atoms with Crippen molar-refractivity contribution in [1.29, 1.82) is 0 Å². The minimum Gasteiger partial charge on any atom is -0.386 e. The third-order valence-corrected chi connectivity index (χ3v) is 5.62. The van der Waals surface area contributed by atoms with Gasteiger partial charge in [-0.05, 0) is 38.2 Å². The first-order chi connectivity index (χ1) is 12.1. The van der Waals surface area contributed by atoms with E-state index in [2.05, 4.69) is 5.32 Å². The number of rotatable bonds is 5. The number of aliphatic hydroxyl groups is 1. The number of carbonyl (C=O) groups excluding carboxylic acids is 2. The monoisotopic (exact) mass is 344 g/mol. The molecular formula is C20H28N2O3. The number of carbonyl (C=O) groups is 2. The molecule has 1 aromatic carbocycles. The van der Waals surface area contributed by atoms with Gasteiger partial charge in [0, 0.05) is 24.9 Å². The molecule has 2 amide bonds. The Balaban J connectivity index is 1.46. The normalized spacial score (nSPS) is 21.3. The van der Waals surface area contributed by atoms with E-state index < -0.39 is 6.10 Å². The summed E-state index contributed by atoms with van der Waals surface area (Å²) in [6.45, 7) is 3.16. The quantitative estimate of drug-likeness (QED) is 0.861. The van der Waals surface area contributed by atoms with Crippen LogP contribution in [0.3, 0.4) is 0 Å². The average molecular weight is 344 g/mol. The first-order valence-electron chi connectivity index (χ1n) is 9.38. The van der Waals surface area contributed by atoms with Crippen molar-refractivity contribution in [2.45, 2.75) is 51.2 Å². The maximum Gasteiger partial charge on any atom is 0.225 e. The first-order valence-corrected chi connectivity index (χ1v) is 9.38. The van der Waals surface area contributed by atoms with Gasteiger partial charge in [-0.25, -0.2) is 0 Å². The van der Waals surface area contributed by atoms with Crippen molar-refractivity contribution >= 4 is 11.8 Å². The van der Waals surface area contributed by atoms with E-state index in [9.17, 15) is 14.7 Å². The molecule has 0 bridgehead atoms. The van der Waals surface area contributed by atoms with Gasteiger partial charge in [0.05, 0.1) is 12.1 Å². The van der Waals surface area contributed by atoms with Crippen LogP contribution < -0.4 is 5.32 Å². The van der Waals surface area contributed by atoms with Gasteiger partial charge in [0.15, 0.2) is 0 Å². The van der Waals surface area contributed by atoms with Gasteiger partial charge >= 0.3 is 0 Å². The summed E-state index contributed by atoms with van der Waals surface area (Å²) in [4.78, 5) is 26.7. The van der Waals surface area contributed by atoms with Crippen LogP contribution in [0.2, 0.25) is 0 Å². The second kappa shape index (κ2) is 8.00. The van der Waals surface area contributed by atoms with Gasteiger partial charge in [0.2, 0.25) is 11.8 Å². The number of hydrogen-bond donors (Lipinski definition) is 2. The summed E-state index contributed by atoms with van der Waals surface area (Å²) in [6.07, 6.45) is 3.90. The summed E-state index contributed by atoms with van der Waals surface area (Å²) in [6, 6.07) is 9.03. The third kappa shape index (κ3) is 4.21. The molecule has 2 fully saturated rings. The first kappa shape index (κ1) is 17.9. The maximum absolute atomic E-state index is 12.5. The zero-order valence-electron chi connectivity index (χ0n) is 14.9. The van der Waals surface area contributed by atoms with Crippen molar-refractivity contribution in [3.8, 4) is 0 Å². The molecule has 1 aromatic rings. The van der Waals surface area contributed by atoms with E-state index in [1.807, 2.05) is 42.2 Å². The summed E-state index contributed by atoms with van der Waals surface area (Å²) in [5.41, 5.74) is 0.802. The summed E-state index contributed by atoms with van der Waals surface area (Å²) in [7, 11) is 0. The molecule has 5 heteroatoms. The van der Waals surface area contributed by atoms with Crippen LogP contribution in [0, 0.1) is 11.8 Å². The highest BCUT2D eigenvalue weighted by atomic mass is 16.3. The maximum atomic E-state index is 12.5. The molecule has 3 rings (SSSR count). The fourth-order valence-corrected chi connectivity index (χ4v) is 3.64. The molecule has 2 aliphatic rings. The number of likely N-dealkylation sites (tertiary alicyclic amines) is 1. The van der Waals surface area contributed by atoms with Crippen LogP contribution >= 0.6 is 0 Å². The molecule has 1 saturated heterocycles. The van der Waals surface area contributed by atoms with Crippen molar-refractivity contribution in [3.63, 3.8) is 0 Å². The molecule has 1 saturated carbocycles. The Morgan fingerprint density at radius 1 is 1.08 bits per heavy atom. The van der Waals surface area contributed by atoms with Gasteiger partial charge in [-0.3, -0.25) is 9.59 Å². The molecule has 0 radical (unpaired) electrons. The minimum atomic E-state index is -0.717. The van der Waals surface area contributed by atoms with E-state index in [1.54, 1.807) is 0 Å². The van der Waals surface area contributed by atoms with Gasteiger partial charge in [-0.2, -0.15) is 0 Å². The summed E-state index contributed by atoms with van der Waals surface area (Å²) in [5.74, 6) is 0.415. The molecule has 5 nitrogen and oxygen atoms in total. The lowest BCUT2D eigenvalue weighted by Crippen LogP contribution is -2.47. The molecule has 2 unspecified atom stereocenters. The molecule has 2 N–H and O–H groups in total. The predicted molar refractivity (Wildman–Crippen MR) is 95.7 cm³/mol. The van der Waals surface area contributed by atoms with E-state index in [-0.39, 0.29) is 29.7 Å². The largest absolute Gasteiger partial charge is 0.386 e. The third-order valence-electron chi connectivity index (χ3n) is 5.62. The minimum absolute atomic E-state index is 0.0155. The van der Waals surface area contributed by atoms with Crippen LogP contribution in [0.1, 0.15) is 50.7 Å². The molecule has 2 atom stereocenters. The Labute approximate surface area is 149 Å². The highest BCUT2D eigenvalue weighted by Crippen LogP contribution is 2.30. The Bertz CT molecular complexity index is 592.